The van der Waals surface area contributed by atoms with Crippen LogP contribution in [0.2, 0.25) is 0 Å². The third kappa shape index (κ3) is 6.64. The van der Waals surface area contributed by atoms with E-state index >= 15 is 0 Å². The van der Waals surface area contributed by atoms with Gasteiger partial charge in [0.1, 0.15) is 18.2 Å². The van der Waals surface area contributed by atoms with E-state index in [-0.39, 0.29) is 23.7 Å². The van der Waals surface area contributed by atoms with Crippen molar-refractivity contribution in [3.05, 3.63) is 228 Å². The van der Waals surface area contributed by atoms with Crippen LogP contribution in [-0.2, 0) is 5.41 Å². The Morgan fingerprint density at radius 3 is 1.72 bits per heavy atom. The Bertz CT molecular complexity index is 2620. The van der Waals surface area contributed by atoms with Crippen molar-refractivity contribution in [2.75, 3.05) is 0 Å². The van der Waals surface area contributed by atoms with Gasteiger partial charge in [-0.25, -0.2) is 4.99 Å². The number of nitrogens with zero attached hydrogens (tertiary/aromatic N) is 1. The number of hydrogen-bond acceptors (Lipinski definition) is 3. The predicted molar refractivity (Wildman–Crippen MR) is 237 cm³/mol. The van der Waals surface area contributed by atoms with Crippen molar-refractivity contribution in [3.8, 4) is 33.4 Å². The van der Waals surface area contributed by atoms with E-state index in [9.17, 15) is 0 Å². The molecule has 1 aliphatic heterocycles. The summed E-state index contributed by atoms with van der Waals surface area (Å²) in [5.41, 5.74) is 17.4. The highest BCUT2D eigenvalue weighted by Crippen LogP contribution is 2.49. The summed E-state index contributed by atoms with van der Waals surface area (Å²) in [5.74, 6) is 1.03. The van der Waals surface area contributed by atoms with Crippen LogP contribution in [0.5, 0.6) is 0 Å². The average Bonchev–Trinajstić information content (AvgIpc) is 3.52. The molecule has 7 aromatic rings. The Hall–Kier alpha value is -6.55. The minimum atomic E-state index is -0.267. The van der Waals surface area contributed by atoms with Gasteiger partial charge in [-0.2, -0.15) is 0 Å². The molecule has 3 unspecified atom stereocenters. The molecule has 3 aliphatic rings. The predicted octanol–water partition coefficient (Wildman–Crippen LogP) is 12.8. The third-order valence-corrected chi connectivity index (χ3v) is 12.1. The van der Waals surface area contributed by atoms with E-state index in [1.807, 2.05) is 0 Å². The number of amidine groups is 1. The zero-order valence-corrected chi connectivity index (χ0v) is 32.4. The Morgan fingerprint density at radius 2 is 1.07 bits per heavy atom. The molecule has 0 bridgehead atoms. The first kappa shape index (κ1) is 34.9. The molecule has 3 heteroatoms. The van der Waals surface area contributed by atoms with Crippen LogP contribution in [0.25, 0.3) is 44.5 Å². The number of hydrogen-bond donors (Lipinski definition) is 2. The normalized spacial score (nSPS) is 19.3. The lowest BCUT2D eigenvalue weighted by molar-refractivity contribution is 0.399. The Kier molecular flexibility index (Phi) is 8.88. The molecule has 0 saturated carbocycles. The molecular weight excluding hydrogens is 691 g/mol. The van der Waals surface area contributed by atoms with Crippen LogP contribution >= 0.6 is 0 Å². The number of rotatable bonds is 7. The molecule has 3 nitrogen and oxygen atoms in total. The Balaban J connectivity index is 1.11. The standard InChI is InChI=1S/C54H45N3/c1-54(2)49-26-16-15-25-47(49)48-28-27-40(35-50(48)54)51-55-52(45-31-41(36-17-7-3-8-18-36)29-42(32-45)37-19-9-4-10-20-37)57-53(56-51)46-33-43(38-21-11-5-12-22-38)30-44(34-46)39-23-13-6-14-24-39/h3-33,35,46,51-52,55H,34H2,1-2H3,(H,56,57). The van der Waals surface area contributed by atoms with E-state index in [2.05, 4.69) is 219 Å². The van der Waals surface area contributed by atoms with Crippen molar-refractivity contribution in [2.24, 2.45) is 10.9 Å². The first-order valence-corrected chi connectivity index (χ1v) is 20.1. The molecule has 0 fully saturated rings. The second kappa shape index (κ2) is 14.5. The van der Waals surface area contributed by atoms with Crippen molar-refractivity contribution in [1.29, 1.82) is 0 Å². The van der Waals surface area contributed by atoms with Crippen molar-refractivity contribution < 1.29 is 0 Å². The minimum absolute atomic E-state index is 0.0357. The summed E-state index contributed by atoms with van der Waals surface area (Å²) >= 11 is 0. The van der Waals surface area contributed by atoms with Gasteiger partial charge in [0.25, 0.3) is 0 Å². The van der Waals surface area contributed by atoms with Crippen LogP contribution in [0.15, 0.2) is 199 Å². The van der Waals surface area contributed by atoms with Crippen molar-refractivity contribution in [1.82, 2.24) is 10.6 Å². The van der Waals surface area contributed by atoms with Gasteiger partial charge in [-0.3, -0.25) is 5.32 Å². The largest absolute Gasteiger partial charge is 0.354 e. The topological polar surface area (TPSA) is 36.4 Å². The van der Waals surface area contributed by atoms with Crippen LogP contribution in [0.3, 0.4) is 0 Å². The molecule has 276 valence electrons. The molecule has 0 aromatic heterocycles. The fraction of sp³-hybridized carbons (Fsp3) is 0.130. The summed E-state index contributed by atoms with van der Waals surface area (Å²) in [6, 6.07) is 65.9. The average molecular weight is 736 g/mol. The Morgan fingerprint density at radius 1 is 0.509 bits per heavy atom. The number of allylic oxidation sites excluding steroid dienone is 3. The van der Waals surface area contributed by atoms with Crippen LogP contribution in [0.4, 0.5) is 0 Å². The zero-order chi connectivity index (χ0) is 38.3. The van der Waals surface area contributed by atoms with Gasteiger partial charge in [0.15, 0.2) is 0 Å². The number of benzene rings is 7. The summed E-state index contributed by atoms with van der Waals surface area (Å²) in [4.78, 5) is 5.61. The van der Waals surface area contributed by atoms with Gasteiger partial charge >= 0.3 is 0 Å². The second-order valence-electron chi connectivity index (χ2n) is 16.0. The molecule has 0 saturated heterocycles. The van der Waals surface area contributed by atoms with Gasteiger partial charge in [0.2, 0.25) is 0 Å². The maximum Gasteiger partial charge on any atom is 0.129 e. The molecule has 57 heavy (non-hydrogen) atoms. The third-order valence-electron chi connectivity index (χ3n) is 12.1. The monoisotopic (exact) mass is 735 g/mol. The van der Waals surface area contributed by atoms with Gasteiger partial charge in [-0.1, -0.05) is 190 Å². The highest BCUT2D eigenvalue weighted by molar-refractivity contribution is 5.96. The van der Waals surface area contributed by atoms with Crippen LogP contribution in [-0.4, -0.2) is 5.84 Å². The maximum absolute atomic E-state index is 5.61. The summed E-state index contributed by atoms with van der Waals surface area (Å²) in [7, 11) is 0. The first-order valence-electron chi connectivity index (χ1n) is 20.1. The van der Waals surface area contributed by atoms with Crippen molar-refractivity contribution in [2.45, 2.75) is 38.0 Å². The lowest BCUT2D eigenvalue weighted by Crippen LogP contribution is -2.47. The first-order chi connectivity index (χ1) is 28.0. The number of fused-ring (bicyclic) bond motifs is 3. The van der Waals surface area contributed by atoms with E-state index in [0.717, 1.165) is 12.3 Å². The smallest absolute Gasteiger partial charge is 0.129 e. The summed E-state index contributed by atoms with van der Waals surface area (Å²) < 4.78 is 0. The highest BCUT2D eigenvalue weighted by Gasteiger charge is 2.37. The van der Waals surface area contributed by atoms with Gasteiger partial charge in [0.05, 0.1) is 0 Å². The molecule has 1 heterocycles. The van der Waals surface area contributed by atoms with E-state index in [0.29, 0.717) is 0 Å². The number of nitrogens with one attached hydrogen (secondary N) is 2. The van der Waals surface area contributed by atoms with E-state index in [4.69, 9.17) is 4.99 Å². The van der Waals surface area contributed by atoms with Crippen LogP contribution < -0.4 is 10.6 Å². The summed E-state index contributed by atoms with van der Waals surface area (Å²) in [5, 5.41) is 7.99. The molecule has 0 spiro atoms. The van der Waals surface area contributed by atoms with Crippen molar-refractivity contribution >= 4 is 17.0 Å². The van der Waals surface area contributed by atoms with E-state index < -0.39 is 0 Å². The molecule has 7 aromatic carbocycles. The van der Waals surface area contributed by atoms with Crippen molar-refractivity contribution in [3.63, 3.8) is 0 Å². The molecule has 10 rings (SSSR count). The molecule has 3 atom stereocenters. The second-order valence-corrected chi connectivity index (χ2v) is 16.0. The molecule has 0 amide bonds. The minimum Gasteiger partial charge on any atom is -0.354 e. The Labute approximate surface area is 336 Å². The van der Waals surface area contributed by atoms with Gasteiger partial charge in [-0.15, -0.1) is 0 Å². The lowest BCUT2D eigenvalue weighted by atomic mass is 9.81. The molecule has 2 N–H and O–H groups in total. The van der Waals surface area contributed by atoms with Gasteiger partial charge in [-0.05, 0) is 103 Å². The fourth-order valence-electron chi connectivity index (χ4n) is 9.07. The fourth-order valence-corrected chi connectivity index (χ4v) is 9.07. The lowest BCUT2D eigenvalue weighted by Gasteiger charge is -2.36. The highest BCUT2D eigenvalue weighted by atomic mass is 15.3. The van der Waals surface area contributed by atoms with E-state index in [1.165, 1.54) is 77.9 Å². The van der Waals surface area contributed by atoms with Gasteiger partial charge < -0.3 is 5.32 Å². The molecule has 2 aliphatic carbocycles. The van der Waals surface area contributed by atoms with Crippen LogP contribution in [0.1, 0.15) is 66.0 Å². The maximum atomic E-state index is 5.61. The zero-order valence-electron chi connectivity index (χ0n) is 32.4. The SMILES string of the molecule is CC1(C)c2ccccc2-c2ccc(C3N=C(C4C=C(c5ccccc5)C=C(c5ccccc5)C4)NC(c4cc(-c5ccccc5)cc(-c5ccccc5)c4)N3)cc21. The molecule has 0 radical (unpaired) electrons. The molecular formula is C54H45N3. The van der Waals surface area contributed by atoms with Crippen LogP contribution in [0, 0.1) is 5.92 Å². The summed E-state index contributed by atoms with van der Waals surface area (Å²) in [6.45, 7) is 4.70. The number of aliphatic imine (C=N–C) groups is 1. The van der Waals surface area contributed by atoms with E-state index in [1.54, 1.807) is 0 Å². The quantitative estimate of drug-likeness (QED) is 0.171. The van der Waals surface area contributed by atoms with Gasteiger partial charge in [0, 0.05) is 11.3 Å². The summed E-state index contributed by atoms with van der Waals surface area (Å²) in [6.07, 6.45) is 5.17.